The summed E-state index contributed by atoms with van der Waals surface area (Å²) in [5, 5.41) is 18.3. The first-order valence-corrected chi connectivity index (χ1v) is 8.02. The summed E-state index contributed by atoms with van der Waals surface area (Å²) in [5.74, 6) is 0. The average molecular weight is 370 g/mol. The van der Waals surface area contributed by atoms with E-state index in [2.05, 4.69) is 20.9 Å². The van der Waals surface area contributed by atoms with Gasteiger partial charge < -0.3 is 21.1 Å². The lowest BCUT2D eigenvalue weighted by Gasteiger charge is -2.32. The third kappa shape index (κ3) is 4.61. The Morgan fingerprint density at radius 3 is 2.27 bits per heavy atom. The van der Waals surface area contributed by atoms with Gasteiger partial charge in [-0.05, 0) is 36.2 Å². The van der Waals surface area contributed by atoms with Crippen LogP contribution < -0.4 is 16.0 Å². The summed E-state index contributed by atoms with van der Waals surface area (Å²) < 4.78 is 50.6. The molecule has 0 radical (unpaired) electrons. The summed E-state index contributed by atoms with van der Waals surface area (Å²) >= 11 is 0. The molecule has 0 aliphatic carbocycles. The fourth-order valence-corrected chi connectivity index (χ4v) is 2.56. The summed E-state index contributed by atoms with van der Waals surface area (Å²) in [6.45, 7) is 0.390. The number of aliphatic hydroxyl groups is 1. The molecular formula is C17H18F4N4O. The van der Waals surface area contributed by atoms with Crippen LogP contribution in [0.4, 0.5) is 28.9 Å². The van der Waals surface area contributed by atoms with Gasteiger partial charge in [-0.15, -0.1) is 0 Å². The molecule has 1 aromatic carbocycles. The highest BCUT2D eigenvalue weighted by Crippen LogP contribution is 2.27. The lowest BCUT2D eigenvalue weighted by atomic mass is 9.96. The molecule has 3 atom stereocenters. The van der Waals surface area contributed by atoms with Crippen LogP contribution in [-0.4, -0.2) is 35.2 Å². The lowest BCUT2D eigenvalue weighted by molar-refractivity contribution is -0.141. The molecular weight excluding hydrogens is 352 g/mol. The molecule has 4 N–H and O–H groups in total. The normalized spacial score (nSPS) is 21.0. The molecule has 0 spiro atoms. The van der Waals surface area contributed by atoms with Crippen molar-refractivity contribution < 1.29 is 22.7 Å². The fourth-order valence-electron chi connectivity index (χ4n) is 2.56. The average Bonchev–Trinajstić information content (AvgIpc) is 2.59. The van der Waals surface area contributed by atoms with Gasteiger partial charge in [0.05, 0.1) is 11.9 Å². The molecule has 3 rings (SSSR count). The molecule has 0 saturated carbocycles. The van der Waals surface area contributed by atoms with Crippen molar-refractivity contribution in [1.29, 1.82) is 0 Å². The Morgan fingerprint density at radius 1 is 1.12 bits per heavy atom. The highest BCUT2D eigenvalue weighted by molar-refractivity contribution is 5.48. The molecule has 2 heterocycles. The number of aromatic nitrogens is 1. The van der Waals surface area contributed by atoms with E-state index in [0.717, 1.165) is 17.8 Å². The predicted octanol–water partition coefficient (Wildman–Crippen LogP) is 2.75. The largest absolute Gasteiger partial charge is 0.433 e. The maximum absolute atomic E-state index is 13.2. The number of halogens is 4. The number of aliphatic hydroxyl groups excluding tert-OH is 1. The van der Waals surface area contributed by atoms with Gasteiger partial charge in [0.15, 0.2) is 0 Å². The smallest absolute Gasteiger partial charge is 0.357 e. The van der Waals surface area contributed by atoms with E-state index in [1.54, 1.807) is 12.1 Å². The first-order valence-electron chi connectivity index (χ1n) is 8.02. The summed E-state index contributed by atoms with van der Waals surface area (Å²) in [6.07, 6.45) is -4.97. The molecule has 26 heavy (non-hydrogen) atoms. The number of nitrogens with one attached hydrogen (secondary N) is 3. The summed E-state index contributed by atoms with van der Waals surface area (Å²) in [6, 6.07) is 8.96. The van der Waals surface area contributed by atoms with E-state index in [9.17, 15) is 22.7 Å². The number of alkyl halides is 4. The quantitative estimate of drug-likeness (QED) is 0.465. The third-order valence-electron chi connectivity index (χ3n) is 4.08. The Balaban J connectivity index is 1.52. The Bertz CT molecular complexity index is 721. The second-order valence-corrected chi connectivity index (χ2v) is 6.05. The van der Waals surface area contributed by atoms with E-state index in [1.165, 1.54) is 6.07 Å². The van der Waals surface area contributed by atoms with Crippen molar-refractivity contribution in [2.24, 2.45) is 0 Å². The predicted molar refractivity (Wildman–Crippen MR) is 89.3 cm³/mol. The van der Waals surface area contributed by atoms with E-state index in [0.29, 0.717) is 18.7 Å². The van der Waals surface area contributed by atoms with Gasteiger partial charge in [-0.2, -0.15) is 13.2 Å². The minimum atomic E-state index is -4.51. The van der Waals surface area contributed by atoms with Crippen molar-refractivity contribution in [3.63, 3.8) is 0 Å². The minimum absolute atomic E-state index is 0.159. The zero-order chi connectivity index (χ0) is 18.7. The van der Waals surface area contributed by atoms with Gasteiger partial charge in [-0.25, -0.2) is 9.37 Å². The Kier molecular flexibility index (Phi) is 5.28. The van der Waals surface area contributed by atoms with E-state index in [-0.39, 0.29) is 11.7 Å². The van der Waals surface area contributed by atoms with Gasteiger partial charge >= 0.3 is 6.18 Å². The number of hydrogen-bond acceptors (Lipinski definition) is 5. The van der Waals surface area contributed by atoms with Crippen molar-refractivity contribution >= 4 is 11.4 Å². The molecule has 140 valence electrons. The number of pyridine rings is 1. The number of rotatable bonds is 6. The van der Waals surface area contributed by atoms with Crippen LogP contribution in [0.5, 0.6) is 0 Å². The molecule has 1 aliphatic rings. The standard InChI is InChI=1S/C17H18F4N4O/c18-13-9-22-14(13)7-10-1-3-11(4-2-10)24-16(26)25-12-5-6-15(23-8-12)17(19,20)21/h1-6,8,13-14,16,22,24-26H,7,9H2/t13-,14-,16?/m1/s1. The van der Waals surface area contributed by atoms with E-state index < -0.39 is 24.4 Å². The van der Waals surface area contributed by atoms with E-state index in [4.69, 9.17) is 0 Å². The Morgan fingerprint density at radius 2 is 1.77 bits per heavy atom. The molecule has 1 unspecified atom stereocenters. The fraction of sp³-hybridized carbons (Fsp3) is 0.353. The Hall–Kier alpha value is -2.39. The number of anilines is 2. The molecule has 5 nitrogen and oxygen atoms in total. The van der Waals surface area contributed by atoms with Gasteiger partial charge in [0.2, 0.25) is 6.35 Å². The summed E-state index contributed by atoms with van der Waals surface area (Å²) in [7, 11) is 0. The maximum Gasteiger partial charge on any atom is 0.433 e. The third-order valence-corrected chi connectivity index (χ3v) is 4.08. The van der Waals surface area contributed by atoms with Crippen molar-refractivity contribution in [3.8, 4) is 0 Å². The van der Waals surface area contributed by atoms with Gasteiger partial charge in [0.25, 0.3) is 0 Å². The molecule has 0 amide bonds. The van der Waals surface area contributed by atoms with Gasteiger partial charge in [0.1, 0.15) is 11.9 Å². The van der Waals surface area contributed by atoms with Crippen molar-refractivity contribution in [1.82, 2.24) is 10.3 Å². The summed E-state index contributed by atoms with van der Waals surface area (Å²) in [5.41, 5.74) is 0.800. The van der Waals surface area contributed by atoms with Crippen LogP contribution in [-0.2, 0) is 12.6 Å². The van der Waals surface area contributed by atoms with Crippen LogP contribution >= 0.6 is 0 Å². The number of nitrogens with zero attached hydrogens (tertiary/aromatic N) is 1. The van der Waals surface area contributed by atoms with Crippen molar-refractivity contribution in [2.45, 2.75) is 31.2 Å². The van der Waals surface area contributed by atoms with Gasteiger partial charge in [0, 0.05) is 18.3 Å². The van der Waals surface area contributed by atoms with E-state index in [1.807, 2.05) is 12.1 Å². The highest BCUT2D eigenvalue weighted by atomic mass is 19.4. The topological polar surface area (TPSA) is 69.2 Å². The van der Waals surface area contributed by atoms with Crippen molar-refractivity contribution in [3.05, 3.63) is 53.9 Å². The Labute approximate surface area is 147 Å². The zero-order valence-electron chi connectivity index (χ0n) is 13.6. The van der Waals surface area contributed by atoms with Gasteiger partial charge in [-0.1, -0.05) is 12.1 Å². The monoisotopic (exact) mass is 370 g/mol. The van der Waals surface area contributed by atoms with Crippen LogP contribution in [0.1, 0.15) is 11.3 Å². The number of hydrogen-bond donors (Lipinski definition) is 4. The molecule has 1 saturated heterocycles. The maximum atomic E-state index is 13.2. The molecule has 2 aromatic rings. The van der Waals surface area contributed by atoms with Crippen LogP contribution in [0, 0.1) is 0 Å². The molecule has 1 fully saturated rings. The SMILES string of the molecule is OC(Nc1ccc(C[C@H]2NC[C@H]2F)cc1)Nc1ccc(C(F)(F)F)nc1. The minimum Gasteiger partial charge on any atom is -0.357 e. The van der Waals surface area contributed by atoms with Crippen LogP contribution in [0.3, 0.4) is 0 Å². The van der Waals surface area contributed by atoms with Crippen LogP contribution in [0.15, 0.2) is 42.6 Å². The first kappa shape index (κ1) is 18.4. The second kappa shape index (κ2) is 7.46. The van der Waals surface area contributed by atoms with Crippen LogP contribution in [0.25, 0.3) is 0 Å². The molecule has 9 heteroatoms. The number of benzene rings is 1. The molecule has 0 bridgehead atoms. The molecule has 1 aromatic heterocycles. The lowest BCUT2D eigenvalue weighted by Crippen LogP contribution is -2.55. The van der Waals surface area contributed by atoms with Crippen LogP contribution in [0.2, 0.25) is 0 Å². The zero-order valence-corrected chi connectivity index (χ0v) is 13.6. The van der Waals surface area contributed by atoms with E-state index >= 15 is 0 Å². The first-order chi connectivity index (χ1) is 12.3. The second-order valence-electron chi connectivity index (χ2n) is 6.05. The summed E-state index contributed by atoms with van der Waals surface area (Å²) in [4.78, 5) is 3.31. The molecule has 1 aliphatic heterocycles. The highest BCUT2D eigenvalue weighted by Gasteiger charge is 2.32. The van der Waals surface area contributed by atoms with Gasteiger partial charge in [-0.3, -0.25) is 0 Å². The van der Waals surface area contributed by atoms with Crippen molar-refractivity contribution in [2.75, 3.05) is 17.2 Å².